The van der Waals surface area contributed by atoms with E-state index in [-0.39, 0.29) is 0 Å². The zero-order valence-corrected chi connectivity index (χ0v) is 8.80. The van der Waals surface area contributed by atoms with E-state index in [9.17, 15) is 30.7 Å². The molecule has 1 aliphatic heterocycles. The van der Waals surface area contributed by atoms with Crippen molar-refractivity contribution in [2.45, 2.75) is 24.7 Å². The summed E-state index contributed by atoms with van der Waals surface area (Å²) in [4.78, 5) is 7.62. The topological polar surface area (TPSA) is 55.4 Å². The Morgan fingerprint density at radius 3 is 2.00 bits per heavy atom. The van der Waals surface area contributed by atoms with Gasteiger partial charge in [0.25, 0.3) is 0 Å². The van der Waals surface area contributed by atoms with E-state index in [1.54, 1.807) is 0 Å². The molecule has 1 heterocycles. The van der Waals surface area contributed by atoms with Gasteiger partial charge in [0.05, 0.1) is 7.11 Å². The fraction of sp³-hybridized carbons (Fsp3) is 1.00. The Morgan fingerprint density at radius 2 is 1.63 bits per heavy atom. The summed E-state index contributed by atoms with van der Waals surface area (Å²) < 4.78 is 99.2. The van der Waals surface area contributed by atoms with Gasteiger partial charge in [0.15, 0.2) is 6.79 Å². The SMILES string of the molecule is COOCOC1(OC(F)(F)F)OC(F)(F)OC1(F)F. The van der Waals surface area contributed by atoms with Gasteiger partial charge in [-0.25, -0.2) is 24.0 Å². The summed E-state index contributed by atoms with van der Waals surface area (Å²) in [5.74, 6) is -4.58. The van der Waals surface area contributed by atoms with Gasteiger partial charge in [0.2, 0.25) is 0 Å². The first-order chi connectivity index (χ1) is 8.43. The first kappa shape index (κ1) is 16.3. The van der Waals surface area contributed by atoms with Crippen LogP contribution in [0.4, 0.5) is 30.7 Å². The highest BCUT2D eigenvalue weighted by Gasteiger charge is 2.77. The van der Waals surface area contributed by atoms with E-state index in [1.165, 1.54) is 0 Å². The van der Waals surface area contributed by atoms with Crippen molar-refractivity contribution < 1.29 is 59.5 Å². The van der Waals surface area contributed by atoms with Gasteiger partial charge in [0.1, 0.15) is 0 Å². The molecule has 1 atom stereocenters. The molecule has 0 radical (unpaired) electrons. The molecule has 1 saturated heterocycles. The first-order valence-electron chi connectivity index (χ1n) is 4.15. The molecule has 0 aromatic carbocycles. The second kappa shape index (κ2) is 4.99. The molecule has 1 fully saturated rings. The van der Waals surface area contributed by atoms with Gasteiger partial charge in [-0.2, -0.15) is 8.78 Å². The fourth-order valence-corrected chi connectivity index (χ4v) is 0.974. The molecule has 0 aromatic rings. The number of hydrogen-bond donors (Lipinski definition) is 0. The second-order valence-electron chi connectivity index (χ2n) is 2.83. The fourth-order valence-electron chi connectivity index (χ4n) is 0.974. The Bertz CT molecular complexity index is 320. The minimum absolute atomic E-state index is 0.847. The standard InChI is InChI=1S/C6H5F7O6/c1-14-16-2-15-4(18-5(9,10)11)3(7,8)17-6(12,13)19-4/h2H2,1H3. The molecule has 0 saturated carbocycles. The Kier molecular flexibility index (Phi) is 4.29. The summed E-state index contributed by atoms with van der Waals surface area (Å²) in [6.45, 7) is -1.44. The molecule has 0 amide bonds. The van der Waals surface area contributed by atoms with Crippen molar-refractivity contribution in [1.29, 1.82) is 0 Å². The lowest BCUT2D eigenvalue weighted by molar-refractivity contribution is -0.544. The summed E-state index contributed by atoms with van der Waals surface area (Å²) in [5.41, 5.74) is 0. The number of rotatable bonds is 5. The predicted molar refractivity (Wildman–Crippen MR) is 36.0 cm³/mol. The van der Waals surface area contributed by atoms with Crippen LogP contribution >= 0.6 is 0 Å². The van der Waals surface area contributed by atoms with E-state index in [4.69, 9.17) is 0 Å². The summed E-state index contributed by atoms with van der Waals surface area (Å²) in [7, 11) is 0.847. The highest BCUT2D eigenvalue weighted by atomic mass is 19.4. The van der Waals surface area contributed by atoms with Crippen LogP contribution in [0.1, 0.15) is 0 Å². The van der Waals surface area contributed by atoms with E-state index in [1.807, 2.05) is 0 Å². The Morgan fingerprint density at radius 1 is 1.05 bits per heavy atom. The van der Waals surface area contributed by atoms with Crippen molar-refractivity contribution in [3.63, 3.8) is 0 Å². The van der Waals surface area contributed by atoms with Crippen molar-refractivity contribution in [3.05, 3.63) is 0 Å². The number of halogens is 7. The third-order valence-corrected chi connectivity index (χ3v) is 1.52. The molecule has 114 valence electrons. The summed E-state index contributed by atoms with van der Waals surface area (Å²) >= 11 is 0. The van der Waals surface area contributed by atoms with Crippen molar-refractivity contribution in [2.24, 2.45) is 0 Å². The minimum Gasteiger partial charge on any atom is -0.290 e. The van der Waals surface area contributed by atoms with Crippen LogP contribution < -0.4 is 0 Å². The maximum Gasteiger partial charge on any atom is 0.527 e. The number of hydrogen-bond acceptors (Lipinski definition) is 6. The molecule has 0 bridgehead atoms. The maximum atomic E-state index is 13.0. The highest BCUT2D eigenvalue weighted by molar-refractivity contribution is 4.78. The van der Waals surface area contributed by atoms with Gasteiger partial charge < -0.3 is 0 Å². The molecule has 1 rings (SSSR count). The largest absolute Gasteiger partial charge is 0.527 e. The molecular weight excluding hydrogens is 301 g/mol. The molecule has 0 N–H and O–H groups in total. The first-order valence-corrected chi connectivity index (χ1v) is 4.15. The predicted octanol–water partition coefficient (Wildman–Crippen LogP) is 1.92. The van der Waals surface area contributed by atoms with Crippen LogP contribution in [-0.4, -0.2) is 38.6 Å². The quantitative estimate of drug-likeness (QED) is 0.254. The average molecular weight is 306 g/mol. The van der Waals surface area contributed by atoms with Crippen molar-refractivity contribution in [3.8, 4) is 0 Å². The Labute approximate surface area is 99.3 Å². The molecule has 0 spiro atoms. The minimum atomic E-state index is -5.79. The third-order valence-electron chi connectivity index (χ3n) is 1.52. The van der Waals surface area contributed by atoms with Crippen LogP contribution in [0.3, 0.4) is 0 Å². The van der Waals surface area contributed by atoms with Crippen LogP contribution in [0, 0.1) is 0 Å². The van der Waals surface area contributed by atoms with E-state index in [0.717, 1.165) is 7.11 Å². The molecule has 6 nitrogen and oxygen atoms in total. The highest BCUT2D eigenvalue weighted by Crippen LogP contribution is 2.51. The van der Waals surface area contributed by atoms with Crippen molar-refractivity contribution >= 4 is 0 Å². The zero-order chi connectivity index (χ0) is 14.9. The van der Waals surface area contributed by atoms with Crippen LogP contribution in [0.15, 0.2) is 0 Å². The zero-order valence-electron chi connectivity index (χ0n) is 8.80. The van der Waals surface area contributed by atoms with Gasteiger partial charge in [-0.3, -0.25) is 4.74 Å². The van der Waals surface area contributed by atoms with Crippen LogP contribution in [0.5, 0.6) is 0 Å². The maximum absolute atomic E-state index is 13.0. The van der Waals surface area contributed by atoms with Crippen molar-refractivity contribution in [2.75, 3.05) is 13.9 Å². The molecular formula is C6H5F7O6. The molecule has 19 heavy (non-hydrogen) atoms. The molecule has 0 aliphatic carbocycles. The summed E-state index contributed by atoms with van der Waals surface area (Å²) in [6.07, 6.45) is -16.1. The van der Waals surface area contributed by atoms with E-state index < -0.39 is 31.5 Å². The Hall–Kier alpha value is -0.730. The van der Waals surface area contributed by atoms with Gasteiger partial charge in [-0.15, -0.1) is 22.0 Å². The lowest BCUT2D eigenvalue weighted by atomic mass is 10.5. The average Bonchev–Trinajstić information content (AvgIpc) is 2.28. The van der Waals surface area contributed by atoms with Crippen LogP contribution in [-0.2, 0) is 28.7 Å². The van der Waals surface area contributed by atoms with Crippen LogP contribution in [0.2, 0.25) is 0 Å². The lowest BCUT2D eigenvalue weighted by Crippen LogP contribution is -2.53. The molecule has 1 aliphatic rings. The lowest BCUT2D eigenvalue weighted by Gasteiger charge is -2.29. The van der Waals surface area contributed by atoms with E-state index in [0.29, 0.717) is 0 Å². The molecule has 0 aromatic heterocycles. The van der Waals surface area contributed by atoms with E-state index in [2.05, 4.69) is 28.7 Å². The molecule has 13 heteroatoms. The Balaban J connectivity index is 2.98. The third kappa shape index (κ3) is 3.87. The molecule has 1 unspecified atom stereocenters. The van der Waals surface area contributed by atoms with Gasteiger partial charge in [-0.05, 0) is 0 Å². The smallest absolute Gasteiger partial charge is 0.290 e. The van der Waals surface area contributed by atoms with Gasteiger partial charge in [-0.1, -0.05) is 0 Å². The summed E-state index contributed by atoms with van der Waals surface area (Å²) in [5, 5.41) is 0. The second-order valence-corrected chi connectivity index (χ2v) is 2.83. The van der Waals surface area contributed by atoms with Gasteiger partial charge >= 0.3 is 24.7 Å². The normalized spacial score (nSPS) is 29.7. The summed E-state index contributed by atoms with van der Waals surface area (Å²) in [6, 6.07) is 0. The van der Waals surface area contributed by atoms with E-state index >= 15 is 0 Å². The van der Waals surface area contributed by atoms with Crippen LogP contribution in [0.25, 0.3) is 0 Å². The van der Waals surface area contributed by atoms with Gasteiger partial charge in [0, 0.05) is 0 Å². The van der Waals surface area contributed by atoms with Crippen molar-refractivity contribution in [1.82, 2.24) is 0 Å². The monoisotopic (exact) mass is 306 g/mol. The number of alkyl halides is 7. The number of ether oxygens (including phenoxy) is 4.